The van der Waals surface area contributed by atoms with Gasteiger partial charge < -0.3 is 19.2 Å². The lowest BCUT2D eigenvalue weighted by atomic mass is 9.79. The number of para-hydroxylation sites is 2. The molecule has 1 aromatic heterocycles. The van der Waals surface area contributed by atoms with E-state index in [2.05, 4.69) is 4.98 Å². The zero-order valence-corrected chi connectivity index (χ0v) is 19.3. The van der Waals surface area contributed by atoms with E-state index < -0.39 is 29.6 Å². The van der Waals surface area contributed by atoms with Crippen molar-refractivity contribution in [2.75, 3.05) is 0 Å². The van der Waals surface area contributed by atoms with Gasteiger partial charge in [-0.1, -0.05) is 54.6 Å². The van der Waals surface area contributed by atoms with E-state index in [1.54, 1.807) is 48.7 Å². The number of hydrogen-bond acceptors (Lipinski definition) is 5. The third-order valence-corrected chi connectivity index (χ3v) is 6.09. The molecule has 35 heavy (non-hydrogen) atoms. The minimum absolute atomic E-state index is 0.0170. The quantitative estimate of drug-likeness (QED) is 0.297. The van der Waals surface area contributed by atoms with Gasteiger partial charge in [-0.05, 0) is 23.8 Å². The van der Waals surface area contributed by atoms with Crippen LogP contribution in [0.2, 0.25) is 0 Å². The molecule has 6 nitrogen and oxygen atoms in total. The van der Waals surface area contributed by atoms with E-state index in [1.807, 2.05) is 24.3 Å². The molecule has 7 heteroatoms. The second kappa shape index (κ2) is 8.91. The number of hydrogen-bond donors (Lipinski definition) is 1. The van der Waals surface area contributed by atoms with E-state index >= 15 is 0 Å². The van der Waals surface area contributed by atoms with Crippen LogP contribution >= 0.6 is 0 Å². The molecule has 1 atom stereocenters. The number of cyclic esters (lactones) is 2. The van der Waals surface area contributed by atoms with Crippen LogP contribution in [0.1, 0.15) is 36.5 Å². The van der Waals surface area contributed by atoms with Crippen molar-refractivity contribution in [1.29, 1.82) is 0 Å². The Kier molecular flexibility index (Phi) is 5.76. The fourth-order valence-electron chi connectivity index (χ4n) is 4.52. The van der Waals surface area contributed by atoms with Gasteiger partial charge in [0.05, 0.1) is 0 Å². The van der Waals surface area contributed by atoms with Gasteiger partial charge in [0.1, 0.15) is 18.2 Å². The molecule has 0 unspecified atom stereocenters. The maximum atomic E-state index is 14.2. The number of carbonyl (C=O) groups excluding carboxylic acids is 2. The van der Waals surface area contributed by atoms with Crippen LogP contribution in [-0.2, 0) is 25.7 Å². The SMILES string of the molecule is CC1(C)OC(=O)C([C@@H](c2ccccc2OCc2ccccc2F)c2c[nH]c3ccccc23)C(=O)O1. The van der Waals surface area contributed by atoms with Crippen molar-refractivity contribution in [1.82, 2.24) is 4.98 Å². The highest BCUT2D eigenvalue weighted by Crippen LogP contribution is 2.43. The first-order chi connectivity index (χ1) is 16.8. The van der Waals surface area contributed by atoms with E-state index in [1.165, 1.54) is 19.9 Å². The zero-order chi connectivity index (χ0) is 24.6. The first kappa shape index (κ1) is 22.7. The Morgan fingerprint density at radius 2 is 1.57 bits per heavy atom. The molecule has 1 aliphatic rings. The number of benzene rings is 3. The normalized spacial score (nSPS) is 16.5. The summed E-state index contributed by atoms with van der Waals surface area (Å²) in [7, 11) is 0. The first-order valence-corrected chi connectivity index (χ1v) is 11.3. The minimum atomic E-state index is -1.35. The molecular formula is C28H24FNO5. The molecule has 0 amide bonds. The molecular weight excluding hydrogens is 449 g/mol. The van der Waals surface area contributed by atoms with Gasteiger partial charge in [-0.2, -0.15) is 0 Å². The van der Waals surface area contributed by atoms with Crippen molar-refractivity contribution in [2.24, 2.45) is 5.92 Å². The van der Waals surface area contributed by atoms with E-state index in [0.29, 0.717) is 16.9 Å². The largest absolute Gasteiger partial charge is 0.488 e. The molecule has 2 heterocycles. The number of aromatic nitrogens is 1. The zero-order valence-electron chi connectivity index (χ0n) is 19.3. The van der Waals surface area contributed by atoms with Crippen LogP contribution < -0.4 is 4.74 Å². The molecule has 5 rings (SSSR count). The smallest absolute Gasteiger partial charge is 0.324 e. The van der Waals surface area contributed by atoms with Crippen molar-refractivity contribution in [3.8, 4) is 5.75 Å². The van der Waals surface area contributed by atoms with E-state index in [0.717, 1.165) is 16.5 Å². The number of carbonyl (C=O) groups is 2. The lowest BCUT2D eigenvalue weighted by molar-refractivity contribution is -0.240. The van der Waals surface area contributed by atoms with E-state index in [-0.39, 0.29) is 12.4 Å². The molecule has 0 radical (unpaired) electrons. The topological polar surface area (TPSA) is 77.6 Å². The molecule has 0 spiro atoms. The number of ether oxygens (including phenoxy) is 3. The van der Waals surface area contributed by atoms with E-state index in [4.69, 9.17) is 14.2 Å². The average Bonchev–Trinajstić information content (AvgIpc) is 3.24. The fourth-order valence-corrected chi connectivity index (χ4v) is 4.52. The Morgan fingerprint density at radius 3 is 2.34 bits per heavy atom. The molecule has 3 aromatic carbocycles. The Balaban J connectivity index is 1.61. The Bertz CT molecular complexity index is 1390. The van der Waals surface area contributed by atoms with Crippen molar-refractivity contribution in [3.63, 3.8) is 0 Å². The Morgan fingerprint density at radius 1 is 0.914 bits per heavy atom. The second-order valence-corrected chi connectivity index (χ2v) is 8.90. The Labute approximate surface area is 201 Å². The third-order valence-electron chi connectivity index (χ3n) is 6.09. The molecule has 0 saturated carbocycles. The summed E-state index contributed by atoms with van der Waals surface area (Å²) in [5, 5.41) is 0.854. The molecule has 1 aliphatic heterocycles. The summed E-state index contributed by atoms with van der Waals surface area (Å²) in [5.74, 6) is -4.66. The first-order valence-electron chi connectivity index (χ1n) is 11.3. The summed E-state index contributed by atoms with van der Waals surface area (Å²) < 4.78 is 31.2. The highest BCUT2D eigenvalue weighted by molar-refractivity contribution is 5.99. The summed E-state index contributed by atoms with van der Waals surface area (Å²) in [6.45, 7) is 3.02. The van der Waals surface area contributed by atoms with Gasteiger partial charge in [0.15, 0.2) is 5.92 Å². The van der Waals surface area contributed by atoms with Crippen LogP contribution in [0.25, 0.3) is 10.9 Å². The Hall–Kier alpha value is -4.13. The van der Waals surface area contributed by atoms with Gasteiger partial charge in [-0.3, -0.25) is 9.59 Å². The monoisotopic (exact) mass is 473 g/mol. The van der Waals surface area contributed by atoms with Gasteiger partial charge in [0.2, 0.25) is 0 Å². The average molecular weight is 474 g/mol. The second-order valence-electron chi connectivity index (χ2n) is 8.90. The number of fused-ring (bicyclic) bond motifs is 1. The van der Waals surface area contributed by atoms with Crippen molar-refractivity contribution in [3.05, 3.63) is 102 Å². The molecule has 4 aromatic rings. The number of aromatic amines is 1. The van der Waals surface area contributed by atoms with Crippen LogP contribution in [0.4, 0.5) is 4.39 Å². The molecule has 0 bridgehead atoms. The maximum Gasteiger partial charge on any atom is 0.324 e. The van der Waals surface area contributed by atoms with Crippen molar-refractivity contribution in [2.45, 2.75) is 32.2 Å². The highest BCUT2D eigenvalue weighted by atomic mass is 19.1. The lowest BCUT2D eigenvalue weighted by Crippen LogP contribution is -2.48. The molecule has 1 saturated heterocycles. The number of halogens is 1. The molecule has 1 fully saturated rings. The van der Waals surface area contributed by atoms with Crippen LogP contribution in [0.15, 0.2) is 79.0 Å². The molecule has 0 aliphatic carbocycles. The number of nitrogens with one attached hydrogen (secondary N) is 1. The van der Waals surface area contributed by atoms with Gasteiger partial charge in [-0.25, -0.2) is 4.39 Å². The predicted octanol–water partition coefficient (Wildman–Crippen LogP) is 5.47. The molecule has 178 valence electrons. The fraction of sp³-hybridized carbons (Fsp3) is 0.214. The van der Waals surface area contributed by atoms with Crippen molar-refractivity contribution < 1.29 is 28.2 Å². The lowest BCUT2D eigenvalue weighted by Gasteiger charge is -2.36. The number of esters is 2. The summed E-state index contributed by atoms with van der Waals surface area (Å²) in [6, 6.07) is 21.1. The van der Waals surface area contributed by atoms with Gasteiger partial charge in [-0.15, -0.1) is 0 Å². The number of H-pyrrole nitrogens is 1. The third kappa shape index (κ3) is 4.37. The summed E-state index contributed by atoms with van der Waals surface area (Å²) in [5.41, 5.74) is 2.56. The van der Waals surface area contributed by atoms with E-state index in [9.17, 15) is 14.0 Å². The molecule has 1 N–H and O–H groups in total. The highest BCUT2D eigenvalue weighted by Gasteiger charge is 2.49. The van der Waals surface area contributed by atoms with Gasteiger partial charge in [0, 0.05) is 48.0 Å². The van der Waals surface area contributed by atoms with Crippen LogP contribution in [0.5, 0.6) is 5.75 Å². The van der Waals surface area contributed by atoms with Gasteiger partial charge >= 0.3 is 11.9 Å². The summed E-state index contributed by atoms with van der Waals surface area (Å²) in [4.78, 5) is 29.6. The summed E-state index contributed by atoms with van der Waals surface area (Å²) in [6.07, 6.45) is 1.78. The van der Waals surface area contributed by atoms with Crippen LogP contribution in [0.3, 0.4) is 0 Å². The minimum Gasteiger partial charge on any atom is -0.488 e. The van der Waals surface area contributed by atoms with Crippen LogP contribution in [-0.4, -0.2) is 22.7 Å². The van der Waals surface area contributed by atoms with Crippen LogP contribution in [0, 0.1) is 11.7 Å². The standard InChI is InChI=1S/C28H24FNO5/c1-28(2)34-26(31)25(27(32)35-28)24(20-15-30-22-13-7-4-10-18(20)22)19-11-5-8-14-23(19)33-16-17-9-3-6-12-21(17)29/h3-15,24-25,30H,16H2,1-2H3/t24-/m0/s1. The summed E-state index contributed by atoms with van der Waals surface area (Å²) >= 11 is 0. The predicted molar refractivity (Wildman–Crippen MR) is 127 cm³/mol. The number of rotatable bonds is 6. The van der Waals surface area contributed by atoms with Gasteiger partial charge in [0.25, 0.3) is 5.79 Å². The van der Waals surface area contributed by atoms with Crippen molar-refractivity contribution >= 4 is 22.8 Å². The maximum absolute atomic E-state index is 14.2.